The molecule has 1 aromatic rings. The monoisotopic (exact) mass is 181 g/mol. The van der Waals surface area contributed by atoms with Crippen molar-refractivity contribution in [1.29, 1.82) is 0 Å². The Balaban J connectivity index is 2.19. The third kappa shape index (κ3) is 1.86. The van der Waals surface area contributed by atoms with E-state index >= 15 is 0 Å². The summed E-state index contributed by atoms with van der Waals surface area (Å²) in [7, 11) is 3.71. The van der Waals surface area contributed by atoms with Crippen molar-refractivity contribution in [2.24, 2.45) is 0 Å². The molecule has 14 heavy (non-hydrogen) atoms. The van der Waals surface area contributed by atoms with Crippen LogP contribution in [-0.2, 0) is 0 Å². The molecular formula is C8H10B3N3. The number of para-hydroxylation sites is 1. The van der Waals surface area contributed by atoms with Crippen LogP contribution in [0.5, 0.6) is 0 Å². The number of nitrogens with zero attached hydrogens (tertiary/aromatic N) is 1. The number of hydrogen-bond acceptors (Lipinski definition) is 3. The number of hydrogen-bond donors (Lipinski definition) is 2. The molecule has 1 aliphatic heterocycles. The van der Waals surface area contributed by atoms with Crippen molar-refractivity contribution in [2.75, 3.05) is 4.72 Å². The summed E-state index contributed by atoms with van der Waals surface area (Å²) in [4.78, 5) is 0. The van der Waals surface area contributed by atoms with E-state index in [-0.39, 0.29) is 6.98 Å². The van der Waals surface area contributed by atoms with E-state index < -0.39 is 0 Å². The van der Waals surface area contributed by atoms with E-state index in [0.29, 0.717) is 0 Å². The van der Waals surface area contributed by atoms with Crippen molar-refractivity contribution in [3.05, 3.63) is 42.9 Å². The van der Waals surface area contributed by atoms with Crippen LogP contribution < -0.4 is 15.0 Å². The van der Waals surface area contributed by atoms with Crippen LogP contribution in [0.1, 0.15) is 0 Å². The Morgan fingerprint density at radius 3 is 2.86 bits per heavy atom. The molecule has 1 heterocycles. The van der Waals surface area contributed by atoms with Gasteiger partial charge in [0.15, 0.2) is 0 Å². The quantitative estimate of drug-likeness (QED) is 0.626. The molecule has 0 spiro atoms. The molecule has 2 radical (unpaired) electrons. The predicted octanol–water partition coefficient (Wildman–Crippen LogP) is -0.0324. The molecule has 0 unspecified atom stereocenters. The maximum absolute atomic E-state index is 3.79. The predicted molar refractivity (Wildman–Crippen MR) is 62.7 cm³/mol. The number of rotatable bonds is 2. The van der Waals surface area contributed by atoms with Gasteiger partial charge in [-0.1, -0.05) is 24.2 Å². The zero-order chi connectivity index (χ0) is 9.80. The highest BCUT2D eigenvalue weighted by Gasteiger charge is 2.25. The largest absolute Gasteiger partial charge is 0.435 e. The minimum Gasteiger partial charge on any atom is -0.435 e. The molecule has 0 atom stereocenters. The first-order valence-corrected chi connectivity index (χ1v) is 4.55. The van der Waals surface area contributed by atoms with Crippen molar-refractivity contribution in [2.45, 2.75) is 0 Å². The van der Waals surface area contributed by atoms with Gasteiger partial charge in [-0.2, -0.15) is 0 Å². The van der Waals surface area contributed by atoms with Gasteiger partial charge in [-0.25, -0.2) is 0 Å². The molecule has 2 N–H and O–H groups in total. The zero-order valence-corrected chi connectivity index (χ0v) is 7.85. The Morgan fingerprint density at radius 1 is 1.36 bits per heavy atom. The molecule has 3 nitrogen and oxygen atoms in total. The van der Waals surface area contributed by atoms with Gasteiger partial charge in [0.25, 0.3) is 7.55 Å². The van der Waals surface area contributed by atoms with Crippen LogP contribution in [0, 0.1) is 0 Å². The van der Waals surface area contributed by atoms with E-state index in [1.807, 2.05) is 31.7 Å². The molecule has 0 saturated carbocycles. The second-order valence-electron chi connectivity index (χ2n) is 3.03. The average Bonchev–Trinajstić information content (AvgIpc) is 2.30. The first kappa shape index (κ1) is 9.43. The molecule has 1 aromatic carbocycles. The van der Waals surface area contributed by atoms with Gasteiger partial charge >= 0.3 is 14.5 Å². The third-order valence-electron chi connectivity index (χ3n) is 2.13. The van der Waals surface area contributed by atoms with Crippen LogP contribution in [0.2, 0.25) is 0 Å². The van der Waals surface area contributed by atoms with Gasteiger partial charge in [0.2, 0.25) is 0 Å². The summed E-state index contributed by atoms with van der Waals surface area (Å²) in [6.07, 6.45) is 0. The molecule has 6 heteroatoms. The maximum atomic E-state index is 3.79. The van der Waals surface area contributed by atoms with E-state index in [1.165, 1.54) is 0 Å². The van der Waals surface area contributed by atoms with Gasteiger partial charge in [0.05, 0.1) is 0 Å². The van der Waals surface area contributed by atoms with Crippen LogP contribution in [-0.4, -0.2) is 22.1 Å². The van der Waals surface area contributed by atoms with Gasteiger partial charge in [0, 0.05) is 5.69 Å². The molecule has 0 amide bonds. The summed E-state index contributed by atoms with van der Waals surface area (Å²) in [5.74, 6) is 1.86. The standard InChI is InChI=1S/C8H10B3N3/c1-2-11-13-9-12-10-14(11)8-6-4-3-5-7-8/h2-7,12-13H,1H2. The number of anilines is 1. The smallest absolute Gasteiger partial charge is 0.344 e. The van der Waals surface area contributed by atoms with Crippen molar-refractivity contribution in [3.63, 3.8) is 0 Å². The van der Waals surface area contributed by atoms with E-state index in [2.05, 4.69) is 33.7 Å². The third-order valence-corrected chi connectivity index (χ3v) is 2.13. The molecule has 1 fully saturated rings. The minimum atomic E-state index is 0.110. The van der Waals surface area contributed by atoms with Gasteiger partial charge in [0.1, 0.15) is 0 Å². The number of nitrogens with one attached hydrogen (secondary N) is 2. The molecule has 0 bridgehead atoms. The zero-order valence-electron chi connectivity index (χ0n) is 7.85. The lowest BCUT2D eigenvalue weighted by atomic mass is 9.62. The summed E-state index contributed by atoms with van der Waals surface area (Å²) in [5, 5.41) is 6.17. The second kappa shape index (κ2) is 4.40. The Labute approximate surface area is 86.3 Å². The summed E-state index contributed by atoms with van der Waals surface area (Å²) >= 11 is 0. The summed E-state index contributed by atoms with van der Waals surface area (Å²) in [6.45, 7) is 3.90. The van der Waals surface area contributed by atoms with Gasteiger partial charge < -0.3 is 15.0 Å². The van der Waals surface area contributed by atoms with Crippen molar-refractivity contribution >= 4 is 27.8 Å². The molecule has 0 aromatic heterocycles. The van der Waals surface area contributed by atoms with Crippen LogP contribution in [0.25, 0.3) is 0 Å². The summed E-state index contributed by atoms with van der Waals surface area (Å²) < 4.78 is 2.08. The molecule has 1 aliphatic rings. The van der Waals surface area contributed by atoms with E-state index in [9.17, 15) is 0 Å². The maximum Gasteiger partial charge on any atom is 0.344 e. The molecule has 1 saturated heterocycles. The highest BCUT2D eigenvalue weighted by atomic mass is 15.1. The Kier molecular flexibility index (Phi) is 2.96. The van der Waals surface area contributed by atoms with Crippen molar-refractivity contribution in [1.82, 2.24) is 10.3 Å². The fourth-order valence-corrected chi connectivity index (χ4v) is 1.43. The lowest BCUT2D eigenvalue weighted by molar-refractivity contribution is 1.28. The highest BCUT2D eigenvalue weighted by Crippen LogP contribution is 2.13. The van der Waals surface area contributed by atoms with E-state index in [1.54, 1.807) is 7.55 Å². The summed E-state index contributed by atoms with van der Waals surface area (Å²) in [6, 6.07) is 10.1. The average molecular weight is 181 g/mol. The Morgan fingerprint density at radius 2 is 2.14 bits per heavy atom. The highest BCUT2D eigenvalue weighted by molar-refractivity contribution is 6.85. The van der Waals surface area contributed by atoms with Crippen molar-refractivity contribution < 1.29 is 0 Å². The van der Waals surface area contributed by atoms with Crippen LogP contribution in [0.4, 0.5) is 5.69 Å². The minimum absolute atomic E-state index is 0.110. The Hall–Kier alpha value is -1.13. The molecule has 0 aliphatic carbocycles. The topological polar surface area (TPSA) is 27.3 Å². The van der Waals surface area contributed by atoms with E-state index in [0.717, 1.165) is 5.69 Å². The number of benzene rings is 1. The first-order valence-electron chi connectivity index (χ1n) is 4.55. The Bertz CT molecular complexity index is 306. The summed E-state index contributed by atoms with van der Waals surface area (Å²) in [5.41, 5.74) is 1.13. The molecule has 2 rings (SSSR count). The first-order chi connectivity index (χ1) is 6.92. The van der Waals surface area contributed by atoms with Crippen LogP contribution in [0.15, 0.2) is 42.9 Å². The van der Waals surface area contributed by atoms with Crippen molar-refractivity contribution in [3.8, 4) is 0 Å². The fraction of sp³-hybridized carbons (Fsp3) is 0. The molecule has 66 valence electrons. The van der Waals surface area contributed by atoms with Gasteiger partial charge in [-0.05, 0) is 12.1 Å². The van der Waals surface area contributed by atoms with Crippen LogP contribution >= 0.6 is 0 Å². The van der Waals surface area contributed by atoms with Crippen LogP contribution in [0.3, 0.4) is 0 Å². The molecular weight excluding hydrogens is 171 g/mol. The second-order valence-corrected chi connectivity index (χ2v) is 3.03. The lowest BCUT2D eigenvalue weighted by Crippen LogP contribution is -2.65. The normalized spacial score (nSPS) is 15.7. The SMILES string of the molecule is C=CB1N[B]N[B]N1c1ccccc1. The lowest BCUT2D eigenvalue weighted by Gasteiger charge is -2.33. The fourth-order valence-electron chi connectivity index (χ4n) is 1.43. The van der Waals surface area contributed by atoms with Gasteiger partial charge in [-0.15, -0.1) is 6.58 Å². The van der Waals surface area contributed by atoms with E-state index in [4.69, 9.17) is 0 Å². The van der Waals surface area contributed by atoms with Gasteiger partial charge in [-0.3, -0.25) is 0 Å².